The van der Waals surface area contributed by atoms with Crippen molar-refractivity contribution in [3.8, 4) is 0 Å². The van der Waals surface area contributed by atoms with Crippen LogP contribution >= 0.6 is 0 Å². The number of aliphatic carboxylic acids is 1. The van der Waals surface area contributed by atoms with Crippen LogP contribution in [0.3, 0.4) is 0 Å². The molecule has 0 saturated carbocycles. The van der Waals surface area contributed by atoms with Crippen molar-refractivity contribution in [2.75, 3.05) is 20.6 Å². The van der Waals surface area contributed by atoms with Crippen molar-refractivity contribution in [1.29, 1.82) is 0 Å². The van der Waals surface area contributed by atoms with Crippen molar-refractivity contribution < 1.29 is 14.7 Å². The molecule has 0 spiro atoms. The summed E-state index contributed by atoms with van der Waals surface area (Å²) in [6.07, 6.45) is 11.8. The van der Waals surface area contributed by atoms with Crippen molar-refractivity contribution in [3.63, 3.8) is 0 Å². The lowest BCUT2D eigenvalue weighted by Gasteiger charge is -2.20. The number of nitrogens with one attached hydrogen (secondary N) is 1. The first kappa shape index (κ1) is 22.1. The van der Waals surface area contributed by atoms with Gasteiger partial charge in [0.1, 0.15) is 0 Å². The third-order valence-corrected chi connectivity index (χ3v) is 4.21. The molecule has 1 rings (SSSR count). The van der Waals surface area contributed by atoms with E-state index in [1.165, 1.54) is 24.8 Å². The molecule has 6 heteroatoms. The van der Waals surface area contributed by atoms with E-state index in [4.69, 9.17) is 5.11 Å². The fourth-order valence-corrected chi connectivity index (χ4v) is 2.98. The van der Waals surface area contributed by atoms with E-state index in [1.807, 2.05) is 31.3 Å². The fourth-order valence-electron chi connectivity index (χ4n) is 2.98. The smallest absolute Gasteiger partial charge is 0.305 e. The molecule has 0 aliphatic rings. The van der Waals surface area contributed by atoms with Crippen molar-refractivity contribution in [1.82, 2.24) is 15.2 Å². The summed E-state index contributed by atoms with van der Waals surface area (Å²) in [6.45, 7) is 0.537. The van der Waals surface area contributed by atoms with Gasteiger partial charge in [0, 0.05) is 25.4 Å². The van der Waals surface area contributed by atoms with Gasteiger partial charge in [-0.3, -0.25) is 14.6 Å². The maximum Gasteiger partial charge on any atom is 0.305 e. The summed E-state index contributed by atoms with van der Waals surface area (Å²) in [4.78, 5) is 28.9. The van der Waals surface area contributed by atoms with Gasteiger partial charge in [0.15, 0.2) is 0 Å². The van der Waals surface area contributed by atoms with Gasteiger partial charge >= 0.3 is 5.97 Å². The lowest BCUT2D eigenvalue weighted by molar-refractivity contribution is -0.137. The number of rotatable bonds is 14. The van der Waals surface area contributed by atoms with Crippen LogP contribution in [0.4, 0.5) is 0 Å². The first-order chi connectivity index (χ1) is 12.5. The summed E-state index contributed by atoms with van der Waals surface area (Å²) < 4.78 is 0. The average molecular weight is 364 g/mol. The number of carbonyl (C=O) groups excluding carboxylic acids is 1. The number of aryl methyl sites for hydroxylation is 1. The number of likely N-dealkylation sites (N-methyl/N-ethyl adjacent to an activating group) is 1. The van der Waals surface area contributed by atoms with E-state index in [2.05, 4.69) is 16.4 Å². The van der Waals surface area contributed by atoms with Gasteiger partial charge in [-0.1, -0.05) is 31.7 Å². The first-order valence-electron chi connectivity index (χ1n) is 9.52. The average Bonchev–Trinajstić information content (AvgIpc) is 2.57. The van der Waals surface area contributed by atoms with Gasteiger partial charge in [-0.15, -0.1) is 0 Å². The fraction of sp³-hybridized carbons (Fsp3) is 0.650. The van der Waals surface area contributed by atoms with Crippen molar-refractivity contribution in [2.45, 2.75) is 63.8 Å². The van der Waals surface area contributed by atoms with E-state index in [1.54, 1.807) is 6.20 Å². The third-order valence-electron chi connectivity index (χ3n) is 4.21. The molecule has 1 atom stereocenters. The van der Waals surface area contributed by atoms with E-state index in [9.17, 15) is 9.59 Å². The summed E-state index contributed by atoms with van der Waals surface area (Å²) in [5, 5.41) is 11.8. The second-order valence-corrected chi connectivity index (χ2v) is 7.11. The van der Waals surface area contributed by atoms with Gasteiger partial charge in [0.2, 0.25) is 5.91 Å². The number of hydrogen-bond donors (Lipinski definition) is 2. The Bertz CT molecular complexity index is 520. The Hall–Kier alpha value is -1.95. The van der Waals surface area contributed by atoms with Crippen LogP contribution in [0.2, 0.25) is 0 Å². The first-order valence-corrected chi connectivity index (χ1v) is 9.52. The zero-order chi connectivity index (χ0) is 19.2. The molecule has 0 aliphatic carbocycles. The van der Waals surface area contributed by atoms with Crippen LogP contribution in [-0.2, 0) is 16.0 Å². The topological polar surface area (TPSA) is 82.5 Å². The molecule has 0 aromatic carbocycles. The molecule has 1 heterocycles. The molecular weight excluding hydrogens is 330 g/mol. The lowest BCUT2D eigenvalue weighted by atomic mass is 10.1. The van der Waals surface area contributed by atoms with E-state index in [-0.39, 0.29) is 18.4 Å². The SMILES string of the molecule is CN(C)CC(CC(=O)O)NC(=O)CCCCCCCCc1cccnc1. The van der Waals surface area contributed by atoms with E-state index in [0.717, 1.165) is 25.7 Å². The Morgan fingerprint density at radius 1 is 1.15 bits per heavy atom. The molecule has 26 heavy (non-hydrogen) atoms. The molecule has 1 aromatic rings. The van der Waals surface area contributed by atoms with Gasteiger partial charge < -0.3 is 15.3 Å². The second kappa shape index (κ2) is 13.3. The number of carboxylic acid groups (broad SMARTS) is 1. The van der Waals surface area contributed by atoms with Gasteiger partial charge in [-0.25, -0.2) is 0 Å². The van der Waals surface area contributed by atoms with Crippen LogP contribution in [0.5, 0.6) is 0 Å². The summed E-state index contributed by atoms with van der Waals surface area (Å²) in [7, 11) is 3.74. The molecular formula is C20H33N3O3. The van der Waals surface area contributed by atoms with Gasteiger partial charge in [0.05, 0.1) is 12.5 Å². The summed E-state index contributed by atoms with van der Waals surface area (Å²) >= 11 is 0. The number of carbonyl (C=O) groups is 2. The minimum atomic E-state index is -0.886. The molecule has 1 unspecified atom stereocenters. The van der Waals surface area contributed by atoms with Gasteiger partial charge in [-0.05, 0) is 45.0 Å². The maximum absolute atomic E-state index is 12.0. The predicted molar refractivity (Wildman–Crippen MR) is 103 cm³/mol. The number of amides is 1. The zero-order valence-electron chi connectivity index (χ0n) is 16.1. The Morgan fingerprint density at radius 2 is 1.85 bits per heavy atom. The van der Waals surface area contributed by atoms with Gasteiger partial charge in [0.25, 0.3) is 0 Å². The third kappa shape index (κ3) is 11.6. The van der Waals surface area contributed by atoms with Crippen molar-refractivity contribution in [2.24, 2.45) is 0 Å². The molecule has 1 aromatic heterocycles. The maximum atomic E-state index is 12.0. The highest BCUT2D eigenvalue weighted by Crippen LogP contribution is 2.10. The summed E-state index contributed by atoms with van der Waals surface area (Å²) in [5.41, 5.74) is 1.29. The predicted octanol–water partition coefficient (Wildman–Crippen LogP) is 2.88. The van der Waals surface area contributed by atoms with Gasteiger partial charge in [-0.2, -0.15) is 0 Å². The normalized spacial score (nSPS) is 12.1. The highest BCUT2D eigenvalue weighted by atomic mass is 16.4. The molecule has 6 nitrogen and oxygen atoms in total. The molecule has 1 amide bonds. The second-order valence-electron chi connectivity index (χ2n) is 7.11. The van der Waals surface area contributed by atoms with E-state index in [0.29, 0.717) is 13.0 Å². The lowest BCUT2D eigenvalue weighted by Crippen LogP contribution is -2.42. The number of hydrogen-bond acceptors (Lipinski definition) is 4. The van der Waals surface area contributed by atoms with Crippen LogP contribution < -0.4 is 5.32 Å². The van der Waals surface area contributed by atoms with E-state index < -0.39 is 5.97 Å². The number of pyridine rings is 1. The van der Waals surface area contributed by atoms with Crippen molar-refractivity contribution in [3.05, 3.63) is 30.1 Å². The van der Waals surface area contributed by atoms with Crippen LogP contribution in [0.25, 0.3) is 0 Å². The van der Waals surface area contributed by atoms with E-state index >= 15 is 0 Å². The Labute approximate surface area is 157 Å². The Kier molecular flexibility index (Phi) is 11.3. The quantitative estimate of drug-likeness (QED) is 0.497. The molecule has 0 aliphatic heterocycles. The summed E-state index contributed by atoms with van der Waals surface area (Å²) in [5.74, 6) is -0.932. The number of unbranched alkanes of at least 4 members (excludes halogenated alkanes) is 5. The monoisotopic (exact) mass is 363 g/mol. The van der Waals surface area contributed by atoms with Crippen molar-refractivity contribution >= 4 is 11.9 Å². The van der Waals surface area contributed by atoms with Crippen LogP contribution in [0.1, 0.15) is 56.9 Å². The number of carboxylic acids is 1. The Morgan fingerprint density at radius 3 is 2.46 bits per heavy atom. The van der Waals surface area contributed by atoms with Crippen LogP contribution in [-0.4, -0.2) is 53.5 Å². The highest BCUT2D eigenvalue weighted by Gasteiger charge is 2.16. The molecule has 0 bridgehead atoms. The van der Waals surface area contributed by atoms with Crippen LogP contribution in [0, 0.1) is 0 Å². The number of nitrogens with zero attached hydrogens (tertiary/aromatic N) is 2. The molecule has 146 valence electrons. The summed E-state index contributed by atoms with van der Waals surface area (Å²) in [6, 6.07) is 3.75. The molecule has 0 fully saturated rings. The zero-order valence-corrected chi connectivity index (χ0v) is 16.1. The highest BCUT2D eigenvalue weighted by molar-refractivity contribution is 5.77. The van der Waals surface area contributed by atoms with Crippen LogP contribution in [0.15, 0.2) is 24.5 Å². The largest absolute Gasteiger partial charge is 0.481 e. The molecule has 0 saturated heterocycles. The minimum absolute atomic E-state index is 0.0408. The minimum Gasteiger partial charge on any atom is -0.481 e. The standard InChI is InChI=1S/C20H33N3O3/c1-23(2)16-18(14-20(25)26)22-19(24)12-8-6-4-3-5-7-10-17-11-9-13-21-15-17/h9,11,13,15,18H,3-8,10,12,14,16H2,1-2H3,(H,22,24)(H,25,26). The Balaban J connectivity index is 2.05. The molecule has 2 N–H and O–H groups in total. The molecule has 0 radical (unpaired) electrons. The number of aromatic nitrogens is 1.